The molecule has 2 aromatic carbocycles. The zero-order valence-electron chi connectivity index (χ0n) is 11.7. The van der Waals surface area contributed by atoms with Gasteiger partial charge in [-0.05, 0) is 37.3 Å². The average Bonchev–Trinajstić information content (AvgIpc) is 2.85. The van der Waals surface area contributed by atoms with E-state index in [0.29, 0.717) is 21.9 Å². The summed E-state index contributed by atoms with van der Waals surface area (Å²) in [7, 11) is 0. The molecule has 0 bridgehead atoms. The Kier molecular flexibility index (Phi) is 2.81. The number of fused-ring (bicyclic) bond motifs is 3. The monoisotopic (exact) mass is 310 g/mol. The maximum Gasteiger partial charge on any atom is 0.364 e. The fourth-order valence-electron chi connectivity index (χ4n) is 2.75. The zero-order chi connectivity index (χ0) is 15.3. The summed E-state index contributed by atoms with van der Waals surface area (Å²) < 4.78 is 7.28. The van der Waals surface area contributed by atoms with Crippen LogP contribution in [0.2, 0.25) is 5.02 Å². The summed E-state index contributed by atoms with van der Waals surface area (Å²) in [6, 6.07) is 14.9. The molecule has 4 nitrogen and oxygen atoms in total. The smallest absolute Gasteiger partial charge is 0.364 e. The van der Waals surface area contributed by atoms with E-state index >= 15 is 0 Å². The second kappa shape index (κ2) is 4.71. The molecule has 4 rings (SSSR count). The number of benzene rings is 2. The molecule has 0 aliphatic heterocycles. The molecule has 22 heavy (non-hydrogen) atoms. The molecule has 0 radical (unpaired) electrons. The Hall–Kier alpha value is -2.59. The number of rotatable bonds is 1. The van der Waals surface area contributed by atoms with Gasteiger partial charge in [-0.1, -0.05) is 29.8 Å². The van der Waals surface area contributed by atoms with Gasteiger partial charge in [0.1, 0.15) is 11.4 Å². The first kappa shape index (κ1) is 13.1. The van der Waals surface area contributed by atoms with Crippen molar-refractivity contribution in [3.8, 4) is 5.69 Å². The Morgan fingerprint density at radius 1 is 1.14 bits per heavy atom. The molecule has 2 aromatic heterocycles. The summed E-state index contributed by atoms with van der Waals surface area (Å²) in [6.45, 7) is 1.86. The van der Waals surface area contributed by atoms with Crippen molar-refractivity contribution in [3.63, 3.8) is 0 Å². The van der Waals surface area contributed by atoms with E-state index in [1.54, 1.807) is 6.07 Å². The van der Waals surface area contributed by atoms with Gasteiger partial charge in [-0.15, -0.1) is 0 Å². The Bertz CT molecular complexity index is 1080. The first-order chi connectivity index (χ1) is 10.6. The van der Waals surface area contributed by atoms with Crippen molar-refractivity contribution in [3.05, 3.63) is 69.8 Å². The van der Waals surface area contributed by atoms with E-state index in [9.17, 15) is 4.79 Å². The second-order valence-electron chi connectivity index (χ2n) is 5.06. The van der Waals surface area contributed by atoms with Gasteiger partial charge < -0.3 is 4.42 Å². The molecule has 0 saturated carbocycles. The van der Waals surface area contributed by atoms with Crippen molar-refractivity contribution in [1.82, 2.24) is 9.55 Å². The van der Waals surface area contributed by atoms with Crippen molar-refractivity contribution in [1.29, 1.82) is 0 Å². The minimum Gasteiger partial charge on any atom is -0.421 e. The summed E-state index contributed by atoms with van der Waals surface area (Å²) in [5, 5.41) is 1.48. The van der Waals surface area contributed by atoms with Crippen molar-refractivity contribution < 1.29 is 4.42 Å². The van der Waals surface area contributed by atoms with Gasteiger partial charge >= 0.3 is 5.63 Å². The van der Waals surface area contributed by atoms with Crippen LogP contribution >= 0.6 is 11.6 Å². The van der Waals surface area contributed by atoms with E-state index in [2.05, 4.69) is 4.98 Å². The minimum atomic E-state index is -0.433. The van der Waals surface area contributed by atoms with Crippen LogP contribution in [0.25, 0.3) is 27.7 Å². The Labute approximate surface area is 130 Å². The number of nitrogens with zero attached hydrogens (tertiary/aromatic N) is 2. The van der Waals surface area contributed by atoms with Crippen LogP contribution in [-0.4, -0.2) is 9.55 Å². The standard InChI is InChI=1S/C17H11ClN2O2/c1-10-19-15-16(20(10)12-6-4-5-11(18)9-12)13-7-2-3-8-14(13)22-17(15)21/h2-9H,1H3. The summed E-state index contributed by atoms with van der Waals surface area (Å²) in [4.78, 5) is 16.6. The van der Waals surface area contributed by atoms with Crippen LogP contribution < -0.4 is 5.63 Å². The van der Waals surface area contributed by atoms with Crippen molar-refractivity contribution >= 4 is 33.6 Å². The lowest BCUT2D eigenvalue weighted by molar-refractivity contribution is 0.568. The van der Waals surface area contributed by atoms with Gasteiger partial charge in [-0.2, -0.15) is 0 Å². The number of aromatic nitrogens is 2. The molecule has 0 aliphatic rings. The average molecular weight is 311 g/mol. The maximum absolute atomic E-state index is 12.2. The summed E-state index contributed by atoms with van der Waals surface area (Å²) >= 11 is 6.10. The quantitative estimate of drug-likeness (QED) is 0.497. The van der Waals surface area contributed by atoms with Gasteiger partial charge in [0.2, 0.25) is 0 Å². The largest absolute Gasteiger partial charge is 0.421 e. The number of imidazole rings is 1. The Morgan fingerprint density at radius 2 is 1.95 bits per heavy atom. The third kappa shape index (κ3) is 1.84. The number of halogens is 1. The molecule has 0 aliphatic carbocycles. The van der Waals surface area contributed by atoms with Gasteiger partial charge in [-0.3, -0.25) is 4.57 Å². The number of aryl methyl sites for hydroxylation is 1. The molecule has 5 heteroatoms. The van der Waals surface area contributed by atoms with E-state index in [-0.39, 0.29) is 0 Å². The van der Waals surface area contributed by atoms with Crippen LogP contribution in [-0.2, 0) is 0 Å². The molecule has 0 saturated heterocycles. The minimum absolute atomic E-state index is 0.330. The summed E-state index contributed by atoms with van der Waals surface area (Å²) in [5.74, 6) is 0.709. The normalized spacial score (nSPS) is 11.4. The molecule has 0 amide bonds. The Balaban J connectivity index is 2.24. The van der Waals surface area contributed by atoms with Crippen molar-refractivity contribution in [2.45, 2.75) is 6.92 Å². The van der Waals surface area contributed by atoms with Crippen molar-refractivity contribution in [2.24, 2.45) is 0 Å². The first-order valence-corrected chi connectivity index (χ1v) is 7.20. The van der Waals surface area contributed by atoms with E-state index < -0.39 is 5.63 Å². The molecule has 0 atom stereocenters. The SMILES string of the molecule is Cc1nc2c(=O)oc3ccccc3c2n1-c1cccc(Cl)c1. The molecule has 0 N–H and O–H groups in total. The van der Waals surface area contributed by atoms with E-state index in [1.165, 1.54) is 0 Å². The number of hydrogen-bond donors (Lipinski definition) is 0. The number of hydrogen-bond acceptors (Lipinski definition) is 3. The van der Waals surface area contributed by atoms with Gasteiger partial charge in [0.05, 0.1) is 5.52 Å². The first-order valence-electron chi connectivity index (χ1n) is 6.82. The van der Waals surface area contributed by atoms with Crippen LogP contribution in [0.5, 0.6) is 0 Å². The van der Waals surface area contributed by atoms with Crippen LogP contribution in [0.3, 0.4) is 0 Å². The van der Waals surface area contributed by atoms with E-state index in [0.717, 1.165) is 16.6 Å². The predicted octanol–water partition coefficient (Wildman–Crippen LogP) is 4.09. The van der Waals surface area contributed by atoms with Crippen LogP contribution in [0.4, 0.5) is 0 Å². The van der Waals surface area contributed by atoms with Crippen LogP contribution in [0.15, 0.2) is 57.7 Å². The van der Waals surface area contributed by atoms with E-state index in [1.807, 2.05) is 54.0 Å². The molecular weight excluding hydrogens is 300 g/mol. The van der Waals surface area contributed by atoms with Crippen molar-refractivity contribution in [2.75, 3.05) is 0 Å². The molecule has 0 spiro atoms. The summed E-state index contributed by atoms with van der Waals surface area (Å²) in [5.41, 5.74) is 2.05. The lowest BCUT2D eigenvalue weighted by atomic mass is 10.2. The lowest BCUT2D eigenvalue weighted by Gasteiger charge is -2.08. The van der Waals surface area contributed by atoms with E-state index in [4.69, 9.17) is 16.0 Å². The zero-order valence-corrected chi connectivity index (χ0v) is 12.5. The fraction of sp³-hybridized carbons (Fsp3) is 0.0588. The molecule has 4 aromatic rings. The number of para-hydroxylation sites is 1. The molecular formula is C17H11ClN2O2. The molecule has 108 valence electrons. The highest BCUT2D eigenvalue weighted by molar-refractivity contribution is 6.30. The second-order valence-corrected chi connectivity index (χ2v) is 5.49. The predicted molar refractivity (Wildman–Crippen MR) is 86.9 cm³/mol. The topological polar surface area (TPSA) is 48.0 Å². The van der Waals surface area contributed by atoms with Crippen LogP contribution in [0.1, 0.15) is 5.82 Å². The summed E-state index contributed by atoms with van der Waals surface area (Å²) in [6.07, 6.45) is 0. The Morgan fingerprint density at radius 3 is 2.77 bits per heavy atom. The van der Waals surface area contributed by atoms with Gasteiger partial charge in [0.25, 0.3) is 0 Å². The fourth-order valence-corrected chi connectivity index (χ4v) is 2.94. The molecule has 2 heterocycles. The van der Waals surface area contributed by atoms with Crippen LogP contribution in [0, 0.1) is 6.92 Å². The van der Waals surface area contributed by atoms with Gasteiger partial charge in [0.15, 0.2) is 5.52 Å². The maximum atomic E-state index is 12.2. The highest BCUT2D eigenvalue weighted by Crippen LogP contribution is 2.27. The lowest BCUT2D eigenvalue weighted by Crippen LogP contribution is -2.01. The van der Waals surface area contributed by atoms with Gasteiger partial charge in [0, 0.05) is 16.1 Å². The third-order valence-corrected chi connectivity index (χ3v) is 3.88. The highest BCUT2D eigenvalue weighted by atomic mass is 35.5. The molecule has 0 unspecified atom stereocenters. The highest BCUT2D eigenvalue weighted by Gasteiger charge is 2.17. The molecule has 0 fully saturated rings. The van der Waals surface area contributed by atoms with Gasteiger partial charge in [-0.25, -0.2) is 9.78 Å². The third-order valence-electron chi connectivity index (χ3n) is 3.65.